The molecule has 0 aromatic heterocycles. The van der Waals surface area contributed by atoms with E-state index in [-0.39, 0.29) is 19.8 Å². The summed E-state index contributed by atoms with van der Waals surface area (Å²) in [5.41, 5.74) is 1.81. The molecule has 0 unspecified atom stereocenters. The Morgan fingerprint density at radius 1 is 0.962 bits per heavy atom. The van der Waals surface area contributed by atoms with Gasteiger partial charge in [0.25, 0.3) is 0 Å². The fourth-order valence-corrected chi connectivity index (χ4v) is 2.30. The van der Waals surface area contributed by atoms with Crippen LogP contribution < -0.4 is 5.32 Å². The lowest BCUT2D eigenvalue weighted by atomic mass is 10.0. The van der Waals surface area contributed by atoms with Crippen molar-refractivity contribution in [2.24, 2.45) is 0 Å². The summed E-state index contributed by atoms with van der Waals surface area (Å²) in [6.07, 6.45) is -4.78. The van der Waals surface area contributed by atoms with Crippen molar-refractivity contribution in [1.29, 1.82) is 0 Å². The van der Waals surface area contributed by atoms with Crippen molar-refractivity contribution in [2.45, 2.75) is 12.3 Å². The lowest BCUT2D eigenvalue weighted by Gasteiger charge is -2.19. The highest BCUT2D eigenvalue weighted by Crippen LogP contribution is 2.25. The van der Waals surface area contributed by atoms with Crippen molar-refractivity contribution in [1.82, 2.24) is 5.32 Å². The minimum atomic E-state index is -4.37. The Kier molecular flexibility index (Phi) is 7.62. The van der Waals surface area contributed by atoms with Gasteiger partial charge in [-0.15, -0.1) is 0 Å². The molecule has 0 saturated carbocycles. The number of ether oxygens (including phenoxy) is 2. The Morgan fingerprint density at radius 2 is 1.50 bits per heavy atom. The van der Waals surface area contributed by atoms with Gasteiger partial charge in [-0.05, 0) is 11.1 Å². The van der Waals surface area contributed by atoms with Crippen LogP contribution in [-0.4, -0.2) is 38.4 Å². The van der Waals surface area contributed by atoms with Crippen LogP contribution in [0.3, 0.4) is 0 Å². The maximum Gasteiger partial charge on any atom is 0.411 e. The minimum absolute atomic E-state index is 0.0143. The van der Waals surface area contributed by atoms with Gasteiger partial charge in [-0.25, -0.2) is 0 Å². The molecular weight excluding hydrogens is 347 g/mol. The van der Waals surface area contributed by atoms with E-state index in [1.807, 2.05) is 60.7 Å². The van der Waals surface area contributed by atoms with Crippen molar-refractivity contribution < 1.29 is 27.4 Å². The van der Waals surface area contributed by atoms with Gasteiger partial charge in [-0.2, -0.15) is 13.2 Å². The van der Waals surface area contributed by atoms with Crippen molar-refractivity contribution in [3.8, 4) is 0 Å². The third kappa shape index (κ3) is 7.25. The first-order chi connectivity index (χ1) is 12.5. The molecule has 4 nitrogen and oxygen atoms in total. The van der Waals surface area contributed by atoms with E-state index >= 15 is 0 Å². The summed E-state index contributed by atoms with van der Waals surface area (Å²) in [7, 11) is 0. The van der Waals surface area contributed by atoms with Crippen LogP contribution in [0.15, 0.2) is 60.7 Å². The zero-order chi connectivity index (χ0) is 18.8. The quantitative estimate of drug-likeness (QED) is 0.690. The molecule has 0 aliphatic rings. The second-order valence-electron chi connectivity index (χ2n) is 5.53. The molecule has 7 heteroatoms. The van der Waals surface area contributed by atoms with Crippen LogP contribution in [0.25, 0.3) is 0 Å². The molecule has 2 aromatic rings. The summed E-state index contributed by atoms with van der Waals surface area (Å²) in [6, 6.07) is 18.9. The smallest absolute Gasteiger partial charge is 0.370 e. The summed E-state index contributed by atoms with van der Waals surface area (Å²) >= 11 is 0. The molecule has 1 amide bonds. The molecule has 0 heterocycles. The van der Waals surface area contributed by atoms with E-state index in [9.17, 15) is 18.0 Å². The fraction of sp³-hybridized carbons (Fsp3) is 0.316. The van der Waals surface area contributed by atoms with Crippen LogP contribution in [0.2, 0.25) is 0 Å². The monoisotopic (exact) mass is 367 g/mol. The topological polar surface area (TPSA) is 47.6 Å². The van der Waals surface area contributed by atoms with Gasteiger partial charge in [-0.1, -0.05) is 60.7 Å². The number of hydrogen-bond acceptors (Lipinski definition) is 3. The van der Waals surface area contributed by atoms with Crippen LogP contribution in [0.4, 0.5) is 13.2 Å². The number of amides is 1. The first-order valence-corrected chi connectivity index (χ1v) is 8.08. The number of carbonyl (C=O) groups is 1. The Morgan fingerprint density at radius 3 is 2.00 bits per heavy atom. The van der Waals surface area contributed by atoms with Crippen molar-refractivity contribution in [2.75, 3.05) is 26.4 Å². The van der Waals surface area contributed by atoms with E-state index < -0.39 is 24.8 Å². The maximum atomic E-state index is 11.9. The predicted octanol–water partition coefficient (Wildman–Crippen LogP) is 3.49. The van der Waals surface area contributed by atoms with E-state index in [1.54, 1.807) is 0 Å². The van der Waals surface area contributed by atoms with Gasteiger partial charge < -0.3 is 14.8 Å². The Hall–Kier alpha value is -2.38. The van der Waals surface area contributed by atoms with Crippen LogP contribution in [0, 0.1) is 0 Å². The maximum absolute atomic E-state index is 11.9. The molecule has 0 radical (unpaired) electrons. The van der Waals surface area contributed by atoms with Crippen molar-refractivity contribution in [3.05, 3.63) is 71.8 Å². The first kappa shape index (κ1) is 19.9. The molecule has 2 aromatic carbocycles. The molecule has 140 valence electrons. The van der Waals surface area contributed by atoms with Crippen molar-refractivity contribution >= 4 is 5.91 Å². The van der Waals surface area contributed by atoms with Crippen LogP contribution in [0.1, 0.15) is 17.2 Å². The van der Waals surface area contributed by atoms with Gasteiger partial charge >= 0.3 is 6.18 Å². The van der Waals surface area contributed by atoms with Gasteiger partial charge in [0.2, 0.25) is 5.91 Å². The largest absolute Gasteiger partial charge is 0.411 e. The summed E-state index contributed by atoms with van der Waals surface area (Å²) in [6.45, 7) is -1.77. The third-order valence-electron chi connectivity index (χ3n) is 3.42. The SMILES string of the molecule is O=C(COC(c1ccccc1)c1ccccc1)NCCOCC(F)(F)F. The van der Waals surface area contributed by atoms with Gasteiger partial charge in [0.15, 0.2) is 0 Å². The fourth-order valence-electron chi connectivity index (χ4n) is 2.30. The molecule has 0 atom stereocenters. The first-order valence-electron chi connectivity index (χ1n) is 8.08. The number of halogens is 3. The lowest BCUT2D eigenvalue weighted by Crippen LogP contribution is -2.32. The van der Waals surface area contributed by atoms with Gasteiger partial charge in [0.05, 0.1) is 6.61 Å². The molecule has 2 rings (SSSR count). The standard InChI is InChI=1S/C19H20F3NO3/c20-19(21,22)14-25-12-11-23-17(24)13-26-18(15-7-3-1-4-8-15)16-9-5-2-6-10-16/h1-10,18H,11-14H2,(H,23,24). The number of hydrogen-bond donors (Lipinski definition) is 1. The predicted molar refractivity (Wildman–Crippen MR) is 90.6 cm³/mol. The van der Waals surface area contributed by atoms with Crippen LogP contribution in [0.5, 0.6) is 0 Å². The second kappa shape index (κ2) is 9.94. The van der Waals surface area contributed by atoms with E-state index in [4.69, 9.17) is 4.74 Å². The zero-order valence-corrected chi connectivity index (χ0v) is 14.0. The Balaban J connectivity index is 1.83. The number of nitrogens with one attached hydrogen (secondary N) is 1. The lowest BCUT2D eigenvalue weighted by molar-refractivity contribution is -0.173. The molecule has 0 aliphatic heterocycles. The van der Waals surface area contributed by atoms with Crippen LogP contribution in [-0.2, 0) is 14.3 Å². The summed E-state index contributed by atoms with van der Waals surface area (Å²) in [5.74, 6) is -0.419. The third-order valence-corrected chi connectivity index (χ3v) is 3.42. The highest BCUT2D eigenvalue weighted by Gasteiger charge is 2.27. The molecule has 26 heavy (non-hydrogen) atoms. The number of benzene rings is 2. The molecule has 0 bridgehead atoms. The van der Waals surface area contributed by atoms with Gasteiger partial charge in [-0.3, -0.25) is 4.79 Å². The van der Waals surface area contributed by atoms with E-state index in [2.05, 4.69) is 10.1 Å². The second-order valence-corrected chi connectivity index (χ2v) is 5.53. The zero-order valence-electron chi connectivity index (χ0n) is 14.0. The average molecular weight is 367 g/mol. The molecule has 0 spiro atoms. The summed E-state index contributed by atoms with van der Waals surface area (Å²) < 4.78 is 46.0. The van der Waals surface area contributed by atoms with Gasteiger partial charge in [0, 0.05) is 6.54 Å². The molecule has 1 N–H and O–H groups in total. The molecular formula is C19H20F3NO3. The average Bonchev–Trinajstić information content (AvgIpc) is 2.62. The van der Waals surface area contributed by atoms with E-state index in [0.717, 1.165) is 11.1 Å². The summed E-state index contributed by atoms with van der Waals surface area (Å²) in [4.78, 5) is 11.9. The van der Waals surface area contributed by atoms with Gasteiger partial charge in [0.1, 0.15) is 19.3 Å². The summed E-state index contributed by atoms with van der Waals surface area (Å²) in [5, 5.41) is 2.47. The molecule has 0 fully saturated rings. The van der Waals surface area contributed by atoms with Crippen LogP contribution >= 0.6 is 0 Å². The highest BCUT2D eigenvalue weighted by atomic mass is 19.4. The van der Waals surface area contributed by atoms with E-state index in [0.29, 0.717) is 0 Å². The molecule has 0 aliphatic carbocycles. The normalized spacial score (nSPS) is 11.5. The van der Waals surface area contributed by atoms with E-state index in [1.165, 1.54) is 0 Å². The number of rotatable bonds is 9. The Labute approximate surface area is 149 Å². The number of alkyl halides is 3. The Bertz CT molecular complexity index is 623. The highest BCUT2D eigenvalue weighted by molar-refractivity contribution is 5.77. The molecule has 0 saturated heterocycles. The number of carbonyl (C=O) groups excluding carboxylic acids is 1. The van der Waals surface area contributed by atoms with Crippen molar-refractivity contribution in [3.63, 3.8) is 0 Å². The minimum Gasteiger partial charge on any atom is -0.370 e.